The average molecular weight is 479 g/mol. The van der Waals surface area contributed by atoms with Crippen molar-refractivity contribution in [2.45, 2.75) is 32.2 Å². The number of carbonyl (C=O) groups is 1. The third-order valence-electron chi connectivity index (χ3n) is 7.42. The molecule has 7 heteroatoms. The summed E-state index contributed by atoms with van der Waals surface area (Å²) in [6, 6.07) is 16.0. The molecule has 1 saturated carbocycles. The zero-order valence-corrected chi connectivity index (χ0v) is 20.3. The summed E-state index contributed by atoms with van der Waals surface area (Å²) in [4.78, 5) is 19.8. The summed E-state index contributed by atoms with van der Waals surface area (Å²) in [5.41, 5.74) is 2.54. The number of rotatable bonds is 8. The van der Waals surface area contributed by atoms with Gasteiger partial charge in [-0.05, 0) is 80.1 Å². The van der Waals surface area contributed by atoms with Crippen molar-refractivity contribution in [2.24, 2.45) is 11.3 Å². The van der Waals surface area contributed by atoms with Gasteiger partial charge in [-0.3, -0.25) is 9.69 Å². The number of benzene rings is 1. The number of amides is 1. The molecule has 0 bridgehead atoms. The van der Waals surface area contributed by atoms with E-state index in [1.165, 1.54) is 5.69 Å². The summed E-state index contributed by atoms with van der Waals surface area (Å²) < 4.78 is 7.53. The molecule has 1 spiro atoms. The Kier molecular flexibility index (Phi) is 6.61. The monoisotopic (exact) mass is 478 g/mol. The Hall–Kier alpha value is -2.83. The standard InChI is InChI=1S/C27H31ClN4O2/c1-34-24-7-3-2-5-20(24)10-13-29-26(33)23-17-27(23)11-15-31(16-12-27)19-22-6-4-14-32(22)25-9-8-21(28)18-30-25/h2-9,14,18,23H,10-13,15-17,19H2,1H3,(H,29,33). The molecule has 3 aromatic rings. The van der Waals surface area contributed by atoms with Crippen LogP contribution >= 0.6 is 11.6 Å². The number of hydrogen-bond donors (Lipinski definition) is 1. The van der Waals surface area contributed by atoms with Crippen molar-refractivity contribution < 1.29 is 9.53 Å². The van der Waals surface area contributed by atoms with Crippen LogP contribution in [0.15, 0.2) is 60.9 Å². The fraction of sp³-hybridized carbons (Fsp3) is 0.407. The third kappa shape index (κ3) is 4.84. The number of hydrogen-bond acceptors (Lipinski definition) is 4. The number of likely N-dealkylation sites (tertiary alicyclic amines) is 1. The lowest BCUT2D eigenvalue weighted by Crippen LogP contribution is -2.37. The maximum absolute atomic E-state index is 12.8. The van der Waals surface area contributed by atoms with Crippen LogP contribution in [0.3, 0.4) is 0 Å². The van der Waals surface area contributed by atoms with E-state index < -0.39 is 0 Å². The van der Waals surface area contributed by atoms with Crippen molar-refractivity contribution in [3.05, 3.63) is 77.2 Å². The number of nitrogens with zero attached hydrogens (tertiary/aromatic N) is 3. The van der Waals surface area contributed by atoms with Crippen molar-refractivity contribution in [1.29, 1.82) is 0 Å². The Morgan fingerprint density at radius 1 is 1.18 bits per heavy atom. The quantitative estimate of drug-likeness (QED) is 0.518. The van der Waals surface area contributed by atoms with Crippen LogP contribution in [0.25, 0.3) is 5.82 Å². The molecular formula is C27H31ClN4O2. The van der Waals surface area contributed by atoms with Gasteiger partial charge in [0.2, 0.25) is 5.91 Å². The van der Waals surface area contributed by atoms with Crippen molar-refractivity contribution in [2.75, 3.05) is 26.7 Å². The fourth-order valence-corrected chi connectivity index (χ4v) is 5.40. The number of aromatic nitrogens is 2. The highest BCUT2D eigenvalue weighted by molar-refractivity contribution is 6.30. The predicted octanol–water partition coefficient (Wildman–Crippen LogP) is 4.50. The number of carbonyl (C=O) groups excluding carboxylic acids is 1. The van der Waals surface area contributed by atoms with Gasteiger partial charge < -0.3 is 14.6 Å². The summed E-state index contributed by atoms with van der Waals surface area (Å²) in [6.07, 6.45) is 7.69. The van der Waals surface area contributed by atoms with Crippen LogP contribution in [0.1, 0.15) is 30.5 Å². The molecule has 1 saturated heterocycles. The van der Waals surface area contributed by atoms with Gasteiger partial charge in [0, 0.05) is 37.1 Å². The van der Waals surface area contributed by atoms with Gasteiger partial charge in [0.15, 0.2) is 0 Å². The maximum atomic E-state index is 12.8. The molecule has 5 rings (SSSR count). The van der Waals surface area contributed by atoms with Gasteiger partial charge in [0.05, 0.1) is 12.1 Å². The second-order valence-corrected chi connectivity index (χ2v) is 9.89. The molecule has 1 atom stereocenters. The number of methoxy groups -OCH3 is 1. The van der Waals surface area contributed by atoms with Crippen LogP contribution < -0.4 is 10.1 Å². The summed E-state index contributed by atoms with van der Waals surface area (Å²) >= 11 is 5.99. The van der Waals surface area contributed by atoms with Crippen LogP contribution in [0.4, 0.5) is 0 Å². The van der Waals surface area contributed by atoms with Crippen molar-refractivity contribution in [1.82, 2.24) is 19.8 Å². The lowest BCUT2D eigenvalue weighted by molar-refractivity contribution is -0.123. The molecule has 1 aromatic carbocycles. The number of nitrogens with one attached hydrogen (secondary N) is 1. The average Bonchev–Trinajstić information content (AvgIpc) is 3.37. The minimum atomic E-state index is 0.162. The second-order valence-electron chi connectivity index (χ2n) is 9.45. The number of pyridine rings is 1. The lowest BCUT2D eigenvalue weighted by Gasteiger charge is -2.33. The minimum absolute atomic E-state index is 0.162. The van der Waals surface area contributed by atoms with Crippen LogP contribution in [0, 0.1) is 11.3 Å². The largest absolute Gasteiger partial charge is 0.496 e. The van der Waals surface area contributed by atoms with Crippen LogP contribution in [-0.2, 0) is 17.8 Å². The maximum Gasteiger partial charge on any atom is 0.223 e. The van der Waals surface area contributed by atoms with E-state index in [2.05, 4.69) is 38.0 Å². The second kappa shape index (κ2) is 9.80. The smallest absolute Gasteiger partial charge is 0.223 e. The number of halogens is 1. The highest BCUT2D eigenvalue weighted by Crippen LogP contribution is 2.59. The topological polar surface area (TPSA) is 59.4 Å². The van der Waals surface area contributed by atoms with Crippen molar-refractivity contribution in [3.8, 4) is 11.6 Å². The zero-order valence-electron chi connectivity index (χ0n) is 19.5. The normalized spacial score (nSPS) is 19.2. The number of piperidine rings is 1. The minimum Gasteiger partial charge on any atom is -0.496 e. The van der Waals surface area contributed by atoms with Crippen LogP contribution in [0.5, 0.6) is 5.75 Å². The van der Waals surface area contributed by atoms with Crippen LogP contribution in [-0.4, -0.2) is 47.1 Å². The van der Waals surface area contributed by atoms with Gasteiger partial charge >= 0.3 is 0 Å². The molecule has 1 N–H and O–H groups in total. The Labute approximate surface area is 205 Å². The Morgan fingerprint density at radius 2 is 2.00 bits per heavy atom. The SMILES string of the molecule is COc1ccccc1CCNC(=O)C1CC12CCN(Cc1cccn1-c1ccc(Cl)cn1)CC2. The fourth-order valence-electron chi connectivity index (χ4n) is 5.29. The highest BCUT2D eigenvalue weighted by Gasteiger charge is 2.58. The first kappa shape index (κ1) is 22.9. The van der Waals surface area contributed by atoms with Gasteiger partial charge in [-0.2, -0.15) is 0 Å². The molecule has 0 radical (unpaired) electrons. The lowest BCUT2D eigenvalue weighted by atomic mass is 9.90. The third-order valence-corrected chi connectivity index (χ3v) is 7.65. The van der Waals surface area contributed by atoms with Crippen LogP contribution in [0.2, 0.25) is 5.02 Å². The first-order valence-corrected chi connectivity index (χ1v) is 12.4. The number of ether oxygens (including phenoxy) is 1. The first-order valence-electron chi connectivity index (χ1n) is 12.0. The van der Waals surface area contributed by atoms with Gasteiger partial charge in [-0.1, -0.05) is 29.8 Å². The molecule has 2 aliphatic rings. The molecular weight excluding hydrogens is 448 g/mol. The predicted molar refractivity (Wildman–Crippen MR) is 133 cm³/mol. The highest BCUT2D eigenvalue weighted by atomic mass is 35.5. The van der Waals surface area contributed by atoms with E-state index in [4.69, 9.17) is 16.3 Å². The molecule has 2 aromatic heterocycles. The molecule has 1 unspecified atom stereocenters. The Morgan fingerprint density at radius 3 is 2.76 bits per heavy atom. The van der Waals surface area contributed by atoms with E-state index in [1.54, 1.807) is 13.3 Å². The molecule has 1 amide bonds. The van der Waals surface area contributed by atoms with Gasteiger partial charge in [0.25, 0.3) is 0 Å². The zero-order chi connectivity index (χ0) is 23.5. The van der Waals surface area contributed by atoms with Gasteiger partial charge in [-0.15, -0.1) is 0 Å². The molecule has 34 heavy (non-hydrogen) atoms. The summed E-state index contributed by atoms with van der Waals surface area (Å²) in [7, 11) is 1.68. The van der Waals surface area contributed by atoms with Gasteiger partial charge in [0.1, 0.15) is 11.6 Å². The van der Waals surface area contributed by atoms with E-state index in [0.29, 0.717) is 11.6 Å². The van der Waals surface area contributed by atoms with E-state index in [9.17, 15) is 4.79 Å². The van der Waals surface area contributed by atoms with Crippen molar-refractivity contribution >= 4 is 17.5 Å². The molecule has 178 valence electrons. The van der Waals surface area contributed by atoms with E-state index in [0.717, 1.165) is 62.4 Å². The molecule has 3 heterocycles. The molecule has 2 fully saturated rings. The van der Waals surface area contributed by atoms with E-state index in [1.807, 2.05) is 36.5 Å². The summed E-state index contributed by atoms with van der Waals surface area (Å²) in [5.74, 6) is 2.13. The van der Waals surface area contributed by atoms with E-state index >= 15 is 0 Å². The first-order chi connectivity index (χ1) is 16.6. The van der Waals surface area contributed by atoms with Crippen molar-refractivity contribution in [3.63, 3.8) is 0 Å². The van der Waals surface area contributed by atoms with E-state index in [-0.39, 0.29) is 17.2 Å². The summed E-state index contributed by atoms with van der Waals surface area (Å²) in [5, 5.41) is 3.81. The Bertz CT molecular complexity index is 1140. The number of para-hydroxylation sites is 1. The van der Waals surface area contributed by atoms with Gasteiger partial charge in [-0.25, -0.2) is 4.98 Å². The molecule has 6 nitrogen and oxygen atoms in total. The summed E-state index contributed by atoms with van der Waals surface area (Å²) in [6.45, 7) is 3.56. The Balaban J connectivity index is 1.10. The molecule has 1 aliphatic heterocycles. The molecule has 1 aliphatic carbocycles.